The molecule has 0 unspecified atom stereocenters. The molecule has 214 valence electrons. The SMILES string of the molecule is CN(C(=O)CN(C(=O)O)C(C)(C)C)c1cccc(-c2cc(-c3ccccc3O)nc(NC(=O)c3cccs3)c2C#N)c1. The van der Waals surface area contributed by atoms with Crippen LogP contribution >= 0.6 is 11.3 Å². The van der Waals surface area contributed by atoms with E-state index in [1.54, 1.807) is 93.9 Å². The number of hydrogen-bond donors (Lipinski definition) is 3. The Labute approximate surface area is 247 Å². The van der Waals surface area contributed by atoms with Crippen molar-refractivity contribution in [2.75, 3.05) is 23.8 Å². The highest BCUT2D eigenvalue weighted by atomic mass is 32.1. The Morgan fingerprint density at radius 1 is 1.02 bits per heavy atom. The second-order valence-corrected chi connectivity index (χ2v) is 11.3. The third-order valence-electron chi connectivity index (χ3n) is 6.54. The highest BCUT2D eigenvalue weighted by Crippen LogP contribution is 2.36. The number of nitriles is 1. The number of thiophene rings is 1. The Balaban J connectivity index is 1.79. The molecular weight excluding hydrogens is 554 g/mol. The van der Waals surface area contributed by atoms with Gasteiger partial charge in [-0.15, -0.1) is 11.3 Å². The molecule has 0 atom stereocenters. The van der Waals surface area contributed by atoms with E-state index in [0.29, 0.717) is 32.9 Å². The summed E-state index contributed by atoms with van der Waals surface area (Å²) in [5.74, 6) is -0.894. The fourth-order valence-electron chi connectivity index (χ4n) is 4.24. The second-order valence-electron chi connectivity index (χ2n) is 10.4. The summed E-state index contributed by atoms with van der Waals surface area (Å²) >= 11 is 1.24. The van der Waals surface area contributed by atoms with Crippen molar-refractivity contribution in [3.8, 4) is 34.2 Å². The van der Waals surface area contributed by atoms with Crippen molar-refractivity contribution in [2.24, 2.45) is 0 Å². The number of aromatic nitrogens is 1. The van der Waals surface area contributed by atoms with E-state index in [4.69, 9.17) is 0 Å². The number of nitrogens with one attached hydrogen (secondary N) is 1. The molecule has 4 aromatic rings. The number of nitrogens with zero attached hydrogens (tertiary/aromatic N) is 4. The summed E-state index contributed by atoms with van der Waals surface area (Å²) in [6.45, 7) is 4.77. The largest absolute Gasteiger partial charge is 0.507 e. The van der Waals surface area contributed by atoms with Crippen LogP contribution in [0.2, 0.25) is 0 Å². The highest BCUT2D eigenvalue weighted by molar-refractivity contribution is 7.12. The van der Waals surface area contributed by atoms with Gasteiger partial charge in [0, 0.05) is 29.4 Å². The molecule has 2 aromatic heterocycles. The van der Waals surface area contributed by atoms with Crippen LogP contribution in [0.5, 0.6) is 5.75 Å². The molecule has 0 fully saturated rings. The Bertz CT molecular complexity index is 1690. The lowest BCUT2D eigenvalue weighted by atomic mass is 9.97. The van der Waals surface area contributed by atoms with E-state index in [9.17, 15) is 29.9 Å². The van der Waals surface area contributed by atoms with Crippen LogP contribution < -0.4 is 10.2 Å². The van der Waals surface area contributed by atoms with Crippen LogP contribution in [-0.2, 0) is 4.79 Å². The van der Waals surface area contributed by atoms with Crippen molar-refractivity contribution in [2.45, 2.75) is 26.3 Å². The summed E-state index contributed by atoms with van der Waals surface area (Å²) in [5.41, 5.74) is 1.44. The Hall–Kier alpha value is -5.21. The number of anilines is 2. The number of rotatable bonds is 7. The molecule has 0 aliphatic carbocycles. The zero-order chi connectivity index (χ0) is 30.6. The molecule has 3 amide bonds. The molecule has 0 saturated carbocycles. The number of benzene rings is 2. The van der Waals surface area contributed by atoms with Gasteiger partial charge in [0.15, 0.2) is 5.82 Å². The molecule has 2 heterocycles. The summed E-state index contributed by atoms with van der Waals surface area (Å²) in [6, 6.07) is 20.6. The van der Waals surface area contributed by atoms with Gasteiger partial charge in [0.25, 0.3) is 5.91 Å². The van der Waals surface area contributed by atoms with Crippen LogP contribution in [0.25, 0.3) is 22.4 Å². The van der Waals surface area contributed by atoms with Gasteiger partial charge < -0.3 is 20.4 Å². The fraction of sp³-hybridized carbons (Fsp3) is 0.194. The molecule has 42 heavy (non-hydrogen) atoms. The van der Waals surface area contributed by atoms with E-state index < -0.39 is 23.4 Å². The van der Waals surface area contributed by atoms with Crippen molar-refractivity contribution in [3.05, 3.63) is 82.6 Å². The van der Waals surface area contributed by atoms with E-state index in [1.165, 1.54) is 22.3 Å². The van der Waals surface area contributed by atoms with Crippen LogP contribution in [0.4, 0.5) is 16.3 Å². The third-order valence-corrected chi connectivity index (χ3v) is 7.41. The van der Waals surface area contributed by atoms with Crippen LogP contribution in [0.15, 0.2) is 72.1 Å². The number of carboxylic acid groups (broad SMARTS) is 1. The molecule has 0 aliphatic rings. The average molecular weight is 584 g/mol. The molecule has 4 rings (SSSR count). The quantitative estimate of drug-likeness (QED) is 0.240. The lowest BCUT2D eigenvalue weighted by Gasteiger charge is -2.33. The molecule has 11 heteroatoms. The standard InChI is InChI=1S/C31H29N5O5S/c1-31(2,3)36(30(40)41)18-27(38)35(4)20-10-7-9-19(15-20)22-16-24(21-11-5-6-12-25(21)37)33-28(23(22)17-32)34-29(39)26-13-8-14-42-26/h5-16,37H,18H2,1-4H3,(H,40,41)(H,33,34,39). The van der Waals surface area contributed by atoms with Crippen LogP contribution in [0, 0.1) is 11.3 Å². The number of amides is 3. The monoisotopic (exact) mass is 583 g/mol. The third kappa shape index (κ3) is 6.40. The first-order valence-electron chi connectivity index (χ1n) is 12.9. The smallest absolute Gasteiger partial charge is 0.408 e. The highest BCUT2D eigenvalue weighted by Gasteiger charge is 2.29. The van der Waals surface area contributed by atoms with Crippen molar-refractivity contribution >= 4 is 40.7 Å². The van der Waals surface area contributed by atoms with Gasteiger partial charge in [-0.25, -0.2) is 9.78 Å². The molecule has 10 nitrogen and oxygen atoms in total. The van der Waals surface area contributed by atoms with Gasteiger partial charge in [0.2, 0.25) is 5.91 Å². The first-order chi connectivity index (χ1) is 19.9. The second kappa shape index (κ2) is 12.1. The lowest BCUT2D eigenvalue weighted by Crippen LogP contribution is -2.50. The van der Waals surface area contributed by atoms with Crippen molar-refractivity contribution < 1.29 is 24.6 Å². The number of phenolic OH excluding ortho intramolecular Hbond substituents is 1. The molecule has 0 aliphatic heterocycles. The number of carbonyl (C=O) groups is 3. The van der Waals surface area contributed by atoms with Gasteiger partial charge >= 0.3 is 6.09 Å². The Morgan fingerprint density at radius 3 is 2.38 bits per heavy atom. The minimum atomic E-state index is -1.21. The van der Waals surface area contributed by atoms with Crippen molar-refractivity contribution in [1.82, 2.24) is 9.88 Å². The van der Waals surface area contributed by atoms with E-state index in [-0.39, 0.29) is 23.7 Å². The van der Waals surface area contributed by atoms with Gasteiger partial charge in [0.1, 0.15) is 23.9 Å². The summed E-state index contributed by atoms with van der Waals surface area (Å²) in [7, 11) is 1.54. The van der Waals surface area contributed by atoms with Gasteiger partial charge in [0.05, 0.1) is 10.6 Å². The average Bonchev–Trinajstić information content (AvgIpc) is 3.50. The molecule has 0 radical (unpaired) electrons. The summed E-state index contributed by atoms with van der Waals surface area (Å²) in [4.78, 5) is 45.2. The van der Waals surface area contributed by atoms with Gasteiger partial charge in [-0.2, -0.15) is 5.26 Å². The fourth-order valence-corrected chi connectivity index (χ4v) is 4.86. The summed E-state index contributed by atoms with van der Waals surface area (Å²) in [5, 5.41) is 34.9. The zero-order valence-corrected chi connectivity index (χ0v) is 24.3. The topological polar surface area (TPSA) is 147 Å². The number of likely N-dealkylation sites (N-methyl/N-ethyl adjacent to an activating group) is 1. The van der Waals surface area contributed by atoms with Gasteiger partial charge in [-0.3, -0.25) is 14.5 Å². The minimum absolute atomic E-state index is 0.0174. The maximum absolute atomic E-state index is 13.1. The van der Waals surface area contributed by atoms with Crippen LogP contribution in [0.3, 0.4) is 0 Å². The number of aromatic hydroxyl groups is 1. The number of hydrogen-bond acceptors (Lipinski definition) is 7. The maximum atomic E-state index is 13.1. The van der Waals surface area contributed by atoms with Crippen LogP contribution in [0.1, 0.15) is 36.0 Å². The maximum Gasteiger partial charge on any atom is 0.408 e. The molecule has 3 N–H and O–H groups in total. The minimum Gasteiger partial charge on any atom is -0.507 e. The van der Waals surface area contributed by atoms with Crippen LogP contribution in [-0.4, -0.2) is 57.1 Å². The number of phenols is 1. The Kier molecular flexibility index (Phi) is 8.59. The molecular formula is C31H29N5O5S. The number of pyridine rings is 1. The first-order valence-corrected chi connectivity index (χ1v) is 13.7. The van der Waals surface area contributed by atoms with E-state index in [1.807, 2.05) is 0 Å². The Morgan fingerprint density at radius 2 is 1.76 bits per heavy atom. The predicted molar refractivity (Wildman–Crippen MR) is 162 cm³/mol. The molecule has 2 aromatic carbocycles. The normalized spacial score (nSPS) is 10.9. The van der Waals surface area contributed by atoms with Gasteiger partial charge in [-0.1, -0.05) is 30.3 Å². The molecule has 0 saturated heterocycles. The number of para-hydroxylation sites is 1. The lowest BCUT2D eigenvalue weighted by molar-refractivity contribution is -0.120. The van der Waals surface area contributed by atoms with E-state index in [0.717, 1.165) is 4.90 Å². The zero-order valence-electron chi connectivity index (χ0n) is 23.5. The summed E-state index contributed by atoms with van der Waals surface area (Å²) in [6.07, 6.45) is -1.21. The van der Waals surface area contributed by atoms with Crippen molar-refractivity contribution in [3.63, 3.8) is 0 Å². The predicted octanol–water partition coefficient (Wildman–Crippen LogP) is 6.05. The molecule has 0 bridgehead atoms. The van der Waals surface area contributed by atoms with E-state index in [2.05, 4.69) is 16.4 Å². The van der Waals surface area contributed by atoms with Crippen molar-refractivity contribution in [1.29, 1.82) is 5.26 Å². The summed E-state index contributed by atoms with van der Waals surface area (Å²) < 4.78 is 0. The van der Waals surface area contributed by atoms with Gasteiger partial charge in [-0.05, 0) is 68.1 Å². The first kappa shape index (κ1) is 29.8. The number of carbonyl (C=O) groups excluding carboxylic acids is 2. The van der Waals surface area contributed by atoms with E-state index >= 15 is 0 Å². The molecule has 0 spiro atoms.